The maximum absolute atomic E-state index is 14.1. The minimum absolute atomic E-state index is 0.00700. The molecule has 2 saturated carbocycles. The molecule has 51 heavy (non-hydrogen) atoms. The third-order valence-electron chi connectivity index (χ3n) is 10.9. The Balaban J connectivity index is 1.91. The molecule has 0 radical (unpaired) electrons. The lowest BCUT2D eigenvalue weighted by molar-refractivity contribution is -0.386. The Morgan fingerprint density at radius 1 is 0.922 bits per heavy atom. The quantitative estimate of drug-likeness (QED) is 0.265. The molecule has 17 nitrogen and oxygen atoms in total. The zero-order valence-corrected chi connectivity index (χ0v) is 29.4. The monoisotopic (exact) mass is 721 g/mol. The summed E-state index contributed by atoms with van der Waals surface area (Å²) in [6, 6.07) is 2.92. The van der Waals surface area contributed by atoms with Crippen LogP contribution in [0.25, 0.3) is 0 Å². The van der Waals surface area contributed by atoms with Gasteiger partial charge in [-0.2, -0.15) is 0 Å². The molecule has 2 aliphatic carbocycles. The Morgan fingerprint density at radius 3 is 2.12 bits per heavy atom. The number of rotatable bonds is 5. The van der Waals surface area contributed by atoms with Crippen molar-refractivity contribution in [1.29, 1.82) is 0 Å². The fraction of sp³-hybridized carbons (Fsp3) is 0.676. The number of aliphatic hydroxyl groups is 3. The van der Waals surface area contributed by atoms with Gasteiger partial charge in [-0.25, -0.2) is 4.79 Å². The maximum atomic E-state index is 14.1. The second-order valence-corrected chi connectivity index (χ2v) is 14.2. The Kier molecular flexibility index (Phi) is 9.77. The predicted molar refractivity (Wildman–Crippen MR) is 166 cm³/mol. The van der Waals surface area contributed by atoms with E-state index in [2.05, 4.69) is 4.98 Å². The fourth-order valence-corrected chi connectivity index (χ4v) is 8.67. The Hall–Kier alpha value is -4.19. The highest BCUT2D eigenvalue weighted by atomic mass is 16.7. The normalized spacial score (nSPS) is 41.6. The standard InChI is InChI=1S/C34H43NO16/c1-14-15(2)29(42)50-27-24(47-17(4)37)28(49-19(6)39)33(13-45-16(3)36)26(48-18(5)38)23(40)21-25(41)34(33,32(27,8)44)51-31(21,7)12-46-30(43)20-10-9-11-35-22(14)20/h9-11,14-15,21,23-28,40-41,44H,12-13H2,1-8H3/t14-,15-,21-,23-,24?,25+,26+,27-,28-,31+,32-,33+,34-/m0/s1. The van der Waals surface area contributed by atoms with Crippen LogP contribution in [-0.2, 0) is 57.1 Å². The zero-order chi connectivity index (χ0) is 38.0. The number of aromatic nitrogens is 1. The van der Waals surface area contributed by atoms with E-state index in [-0.39, 0.29) is 11.3 Å². The molecule has 1 spiro atoms. The third-order valence-corrected chi connectivity index (χ3v) is 10.9. The number of pyridine rings is 1. The van der Waals surface area contributed by atoms with E-state index in [0.29, 0.717) is 0 Å². The second-order valence-electron chi connectivity index (χ2n) is 14.2. The lowest BCUT2D eigenvalue weighted by Crippen LogP contribution is -2.88. The van der Waals surface area contributed by atoms with Gasteiger partial charge in [-0.15, -0.1) is 0 Å². The smallest absolute Gasteiger partial charge is 0.340 e. The lowest BCUT2D eigenvalue weighted by Gasteiger charge is -2.67. The molecule has 3 N–H and O–H groups in total. The first-order valence-corrected chi connectivity index (χ1v) is 16.4. The largest absolute Gasteiger partial charge is 0.465 e. The van der Waals surface area contributed by atoms with Gasteiger partial charge >= 0.3 is 35.8 Å². The van der Waals surface area contributed by atoms with Crippen molar-refractivity contribution in [3.8, 4) is 0 Å². The van der Waals surface area contributed by atoms with Gasteiger partial charge in [0.25, 0.3) is 0 Å². The molecule has 3 heterocycles. The van der Waals surface area contributed by atoms with Crippen molar-refractivity contribution in [2.45, 2.75) is 115 Å². The van der Waals surface area contributed by atoms with Gasteiger partial charge in [-0.1, -0.05) is 13.8 Å². The fourth-order valence-electron chi connectivity index (χ4n) is 8.67. The summed E-state index contributed by atoms with van der Waals surface area (Å²) in [5.74, 6) is -9.35. The van der Waals surface area contributed by atoms with E-state index in [0.717, 1.165) is 34.6 Å². The van der Waals surface area contributed by atoms with Crippen LogP contribution in [0.4, 0.5) is 0 Å². The number of fused-ring (bicyclic) bond motifs is 5. The number of aliphatic hydroxyl groups excluding tert-OH is 2. The highest BCUT2D eigenvalue weighted by molar-refractivity contribution is 5.91. The molecule has 5 rings (SSSR count). The van der Waals surface area contributed by atoms with Crippen molar-refractivity contribution in [2.24, 2.45) is 17.3 Å². The number of hydrogen-bond donors (Lipinski definition) is 3. The van der Waals surface area contributed by atoms with Crippen LogP contribution in [0.5, 0.6) is 0 Å². The molecule has 1 aromatic heterocycles. The van der Waals surface area contributed by atoms with Crippen molar-refractivity contribution in [2.75, 3.05) is 13.2 Å². The first-order chi connectivity index (χ1) is 23.7. The number of cyclic esters (lactones) is 1. The van der Waals surface area contributed by atoms with Crippen LogP contribution in [0, 0.1) is 17.3 Å². The molecule has 4 aliphatic rings. The molecule has 0 aromatic carbocycles. The second kappa shape index (κ2) is 13.1. The van der Waals surface area contributed by atoms with Crippen LogP contribution in [-0.4, -0.2) is 123 Å². The average molecular weight is 722 g/mol. The molecule has 1 unspecified atom stereocenters. The van der Waals surface area contributed by atoms with Crippen molar-refractivity contribution in [1.82, 2.24) is 4.98 Å². The first kappa shape index (κ1) is 38.1. The van der Waals surface area contributed by atoms with Gasteiger partial charge in [-0.3, -0.25) is 29.0 Å². The molecular weight excluding hydrogens is 678 g/mol. The molecule has 17 heteroatoms. The number of ether oxygens (including phenoxy) is 7. The summed E-state index contributed by atoms with van der Waals surface area (Å²) in [5, 5.41) is 37.6. The lowest BCUT2D eigenvalue weighted by atomic mass is 9.45. The van der Waals surface area contributed by atoms with Crippen LogP contribution in [0.1, 0.15) is 77.4 Å². The van der Waals surface area contributed by atoms with Crippen LogP contribution >= 0.6 is 0 Å². The zero-order valence-electron chi connectivity index (χ0n) is 29.4. The maximum Gasteiger partial charge on any atom is 0.340 e. The topological polar surface area (TPSA) is 241 Å². The minimum atomic E-state index is -2.74. The summed E-state index contributed by atoms with van der Waals surface area (Å²) in [5.41, 5.74) is -9.73. The van der Waals surface area contributed by atoms with Crippen molar-refractivity contribution in [3.05, 3.63) is 29.6 Å². The van der Waals surface area contributed by atoms with Crippen LogP contribution in [0.3, 0.4) is 0 Å². The first-order valence-electron chi connectivity index (χ1n) is 16.4. The predicted octanol–water partition coefficient (Wildman–Crippen LogP) is -0.108. The summed E-state index contributed by atoms with van der Waals surface area (Å²) < 4.78 is 41.1. The van der Waals surface area contributed by atoms with Gasteiger partial charge in [0, 0.05) is 45.7 Å². The number of hydrogen-bond acceptors (Lipinski definition) is 17. The van der Waals surface area contributed by atoms with Gasteiger partial charge in [0.1, 0.15) is 47.6 Å². The molecule has 0 amide bonds. The van der Waals surface area contributed by atoms with Crippen LogP contribution in [0.2, 0.25) is 0 Å². The van der Waals surface area contributed by atoms with E-state index in [4.69, 9.17) is 33.2 Å². The van der Waals surface area contributed by atoms with E-state index in [1.54, 1.807) is 6.92 Å². The molecule has 1 saturated heterocycles. The summed E-state index contributed by atoms with van der Waals surface area (Å²) >= 11 is 0. The molecule has 1 aromatic rings. The number of esters is 6. The Bertz CT molecular complexity index is 1630. The number of nitrogens with zero attached hydrogens (tertiary/aromatic N) is 1. The molecule has 280 valence electrons. The van der Waals surface area contributed by atoms with Crippen LogP contribution in [0.15, 0.2) is 18.3 Å². The van der Waals surface area contributed by atoms with E-state index in [9.17, 15) is 44.1 Å². The van der Waals surface area contributed by atoms with E-state index in [1.807, 2.05) is 0 Å². The minimum Gasteiger partial charge on any atom is -0.465 e. The number of carbonyl (C=O) groups excluding carboxylic acids is 6. The van der Waals surface area contributed by atoms with E-state index < -0.39 is 126 Å². The van der Waals surface area contributed by atoms with Crippen molar-refractivity contribution in [3.63, 3.8) is 0 Å². The Morgan fingerprint density at radius 2 is 1.53 bits per heavy atom. The van der Waals surface area contributed by atoms with Crippen LogP contribution < -0.4 is 0 Å². The highest BCUT2D eigenvalue weighted by Gasteiger charge is 2.90. The van der Waals surface area contributed by atoms with Crippen molar-refractivity contribution < 1.29 is 77.2 Å². The molecule has 2 aliphatic heterocycles. The average Bonchev–Trinajstić information content (AvgIpc) is 3.25. The summed E-state index contributed by atoms with van der Waals surface area (Å²) in [6.45, 7) is 7.82. The van der Waals surface area contributed by atoms with Crippen molar-refractivity contribution >= 4 is 35.8 Å². The summed E-state index contributed by atoms with van der Waals surface area (Å²) in [4.78, 5) is 83.0. The van der Waals surface area contributed by atoms with Gasteiger partial charge in [-0.05, 0) is 26.0 Å². The van der Waals surface area contributed by atoms with Gasteiger partial charge in [0.2, 0.25) is 0 Å². The summed E-state index contributed by atoms with van der Waals surface area (Å²) in [6.07, 6.45) is -10.6. The molecule has 13 atom stereocenters. The third kappa shape index (κ3) is 5.64. The van der Waals surface area contributed by atoms with E-state index >= 15 is 0 Å². The summed E-state index contributed by atoms with van der Waals surface area (Å²) in [7, 11) is 0. The SMILES string of the molecule is CC(=O)OC[C@]12[C@H](OC(C)=O)[C@@H](O)[C@H]3[C@@H](O)[C@@]14O[C@]3(C)COC(=O)c1cccnc1[C@@H](C)[C@H](C)C(=O)O[C@@H](C(OC(C)=O)[C@@H]2OC(C)=O)[C@]4(C)O. The van der Waals surface area contributed by atoms with Gasteiger partial charge in [0.15, 0.2) is 18.3 Å². The number of carbonyl (C=O) groups is 6. The van der Waals surface area contributed by atoms with Gasteiger partial charge < -0.3 is 48.5 Å². The molecule has 4 bridgehead atoms. The molecular formula is C34H43NO16. The Labute approximate surface area is 292 Å². The van der Waals surface area contributed by atoms with Gasteiger partial charge in [0.05, 0.1) is 23.3 Å². The molecule has 3 fully saturated rings. The highest BCUT2D eigenvalue weighted by Crippen LogP contribution is 2.69. The van der Waals surface area contributed by atoms with E-state index in [1.165, 1.54) is 32.2 Å².